The van der Waals surface area contributed by atoms with Gasteiger partial charge in [0.05, 0.1) is 5.71 Å². The number of nitrogens with one attached hydrogen (secondary N) is 2. The summed E-state index contributed by atoms with van der Waals surface area (Å²) in [6.07, 6.45) is 0.414. The van der Waals surface area contributed by atoms with Crippen molar-refractivity contribution in [2.45, 2.75) is 19.1 Å². The smallest absolute Gasteiger partial charge is 0.283 e. The van der Waals surface area contributed by atoms with E-state index >= 15 is 0 Å². The zero-order valence-electron chi connectivity index (χ0n) is 14.2. The highest BCUT2D eigenvalue weighted by atomic mass is 32.2. The van der Waals surface area contributed by atoms with Gasteiger partial charge in [0.1, 0.15) is 5.82 Å². The molecule has 0 saturated carbocycles. The number of amides is 2. The van der Waals surface area contributed by atoms with Gasteiger partial charge in [0.25, 0.3) is 5.24 Å². The number of hydrogen-bond donors (Lipinski definition) is 2. The lowest BCUT2D eigenvalue weighted by atomic mass is 9.94. The van der Waals surface area contributed by atoms with Crippen LogP contribution in [0.5, 0.6) is 0 Å². The van der Waals surface area contributed by atoms with Crippen LogP contribution in [-0.4, -0.2) is 16.9 Å². The van der Waals surface area contributed by atoms with Crippen molar-refractivity contribution < 1.29 is 14.0 Å². The monoisotopic (exact) mass is 371 g/mol. The van der Waals surface area contributed by atoms with Crippen LogP contribution in [0.4, 0.5) is 14.9 Å². The lowest BCUT2D eigenvalue weighted by molar-refractivity contribution is -0.121. The van der Waals surface area contributed by atoms with E-state index in [1.54, 1.807) is 24.3 Å². The molecule has 2 amide bonds. The largest absolute Gasteiger partial charge is 0.317 e. The molecule has 26 heavy (non-hydrogen) atoms. The molecule has 3 rings (SSSR count). The molecule has 134 valence electrons. The van der Waals surface area contributed by atoms with Crippen molar-refractivity contribution in [1.29, 1.82) is 0 Å². The molecule has 1 aliphatic heterocycles. The summed E-state index contributed by atoms with van der Waals surface area (Å²) in [5, 5.41) is 6.75. The molecule has 1 atom stereocenters. The number of benzene rings is 2. The van der Waals surface area contributed by atoms with Gasteiger partial charge in [0.15, 0.2) is 0 Å². The summed E-state index contributed by atoms with van der Waals surface area (Å²) in [5.41, 5.74) is 5.80. The zero-order valence-corrected chi connectivity index (χ0v) is 15.0. The second kappa shape index (κ2) is 8.14. The fourth-order valence-electron chi connectivity index (χ4n) is 2.61. The first-order valence-electron chi connectivity index (χ1n) is 8.16. The number of carbonyl (C=O) groups is 2. The first-order chi connectivity index (χ1) is 12.5. The van der Waals surface area contributed by atoms with Crippen LogP contribution < -0.4 is 10.7 Å². The highest BCUT2D eigenvalue weighted by Gasteiger charge is 2.21. The Morgan fingerprint density at radius 3 is 2.58 bits per heavy atom. The van der Waals surface area contributed by atoms with Gasteiger partial charge < -0.3 is 5.32 Å². The van der Waals surface area contributed by atoms with Crippen LogP contribution in [0.15, 0.2) is 53.6 Å². The fourth-order valence-corrected chi connectivity index (χ4v) is 3.29. The highest BCUT2D eigenvalue weighted by Crippen LogP contribution is 2.20. The molecule has 2 aromatic rings. The number of hydrogen-bond acceptors (Lipinski definition) is 4. The van der Waals surface area contributed by atoms with E-state index in [4.69, 9.17) is 0 Å². The van der Waals surface area contributed by atoms with Gasteiger partial charge in [-0.1, -0.05) is 43.0 Å². The molecule has 0 spiro atoms. The molecule has 1 aliphatic rings. The first-order valence-corrected chi connectivity index (χ1v) is 9.15. The second-order valence-corrected chi connectivity index (χ2v) is 6.99. The molecule has 2 aromatic carbocycles. The van der Waals surface area contributed by atoms with Crippen molar-refractivity contribution in [2.24, 2.45) is 11.0 Å². The predicted molar refractivity (Wildman–Crippen MR) is 102 cm³/mol. The van der Waals surface area contributed by atoms with Crippen LogP contribution in [0.3, 0.4) is 0 Å². The third kappa shape index (κ3) is 4.70. The summed E-state index contributed by atoms with van der Waals surface area (Å²) >= 11 is 1.12. The van der Waals surface area contributed by atoms with Crippen LogP contribution in [0, 0.1) is 11.7 Å². The summed E-state index contributed by atoms with van der Waals surface area (Å²) in [7, 11) is 0. The van der Waals surface area contributed by atoms with Crippen molar-refractivity contribution in [1.82, 2.24) is 5.43 Å². The maximum Gasteiger partial charge on any atom is 0.283 e. The third-order valence-electron chi connectivity index (χ3n) is 3.97. The Morgan fingerprint density at radius 2 is 1.92 bits per heavy atom. The summed E-state index contributed by atoms with van der Waals surface area (Å²) < 4.78 is 12.9. The number of nitrogens with zero attached hydrogens (tertiary/aromatic N) is 1. The Morgan fingerprint density at radius 1 is 1.23 bits per heavy atom. The van der Waals surface area contributed by atoms with E-state index in [9.17, 15) is 14.0 Å². The van der Waals surface area contributed by atoms with Crippen LogP contribution in [0.25, 0.3) is 0 Å². The van der Waals surface area contributed by atoms with E-state index < -0.39 is 0 Å². The van der Waals surface area contributed by atoms with Crippen molar-refractivity contribution in [3.05, 3.63) is 65.5 Å². The quantitative estimate of drug-likeness (QED) is 0.848. The lowest BCUT2D eigenvalue weighted by Gasteiger charge is -2.19. The van der Waals surface area contributed by atoms with Crippen molar-refractivity contribution in [3.63, 3.8) is 0 Å². The molecular weight excluding hydrogens is 353 g/mol. The number of halogens is 1. The Labute approximate surface area is 155 Å². The van der Waals surface area contributed by atoms with Crippen LogP contribution in [0.2, 0.25) is 0 Å². The molecule has 0 aromatic heterocycles. The normalized spacial score (nSPS) is 16.6. The summed E-state index contributed by atoms with van der Waals surface area (Å²) in [6.45, 7) is 1.96. The summed E-state index contributed by atoms with van der Waals surface area (Å²) in [4.78, 5) is 23.4. The maximum atomic E-state index is 12.9. The van der Waals surface area contributed by atoms with Crippen molar-refractivity contribution in [3.8, 4) is 0 Å². The molecule has 7 heteroatoms. The van der Waals surface area contributed by atoms with Crippen LogP contribution in [0.1, 0.15) is 24.5 Å². The predicted octanol–water partition coefficient (Wildman–Crippen LogP) is 4.15. The summed E-state index contributed by atoms with van der Waals surface area (Å²) in [6, 6.07) is 13.4. The van der Waals surface area contributed by atoms with E-state index in [0.717, 1.165) is 28.6 Å². The molecule has 0 radical (unpaired) electrons. The second-order valence-electron chi connectivity index (χ2n) is 6.04. The molecule has 0 fully saturated rings. The molecule has 0 aliphatic carbocycles. The van der Waals surface area contributed by atoms with Crippen LogP contribution in [-0.2, 0) is 10.5 Å². The Balaban J connectivity index is 1.56. The molecule has 2 N–H and O–H groups in total. The van der Waals surface area contributed by atoms with Gasteiger partial charge in [-0.05, 0) is 35.4 Å². The minimum atomic E-state index is -0.292. The molecule has 1 heterocycles. The molecular formula is C19H18FN3O2S. The van der Waals surface area contributed by atoms with Crippen molar-refractivity contribution in [2.75, 3.05) is 5.32 Å². The minimum Gasteiger partial charge on any atom is -0.317 e. The zero-order chi connectivity index (χ0) is 18.5. The van der Waals surface area contributed by atoms with Gasteiger partial charge in [-0.25, -0.2) is 9.82 Å². The molecule has 0 bridgehead atoms. The van der Waals surface area contributed by atoms with E-state index in [0.29, 0.717) is 17.9 Å². The number of hydrazone groups is 1. The van der Waals surface area contributed by atoms with Gasteiger partial charge in [-0.3, -0.25) is 9.59 Å². The minimum absolute atomic E-state index is 0.0513. The van der Waals surface area contributed by atoms with Gasteiger partial charge in [-0.15, -0.1) is 0 Å². The number of thioether (sulfide) groups is 1. The highest BCUT2D eigenvalue weighted by molar-refractivity contribution is 8.13. The third-order valence-corrected chi connectivity index (χ3v) is 4.81. The average Bonchev–Trinajstić information content (AvgIpc) is 2.62. The standard InChI is InChI=1S/C19H18FN3O2S/c1-12-10-17(24)22-23-18(12)14-4-8-16(9-5-14)21-19(25)26-11-13-2-6-15(20)7-3-13/h2-9,12H,10-11H2,1H3,(H,21,25)(H,22,24). The SMILES string of the molecule is CC1CC(=O)NN=C1c1ccc(NC(=O)SCc2ccc(F)cc2)cc1. The van der Waals surface area contributed by atoms with Gasteiger partial charge >= 0.3 is 0 Å². The molecule has 0 saturated heterocycles. The molecule has 5 nitrogen and oxygen atoms in total. The van der Waals surface area contributed by atoms with Gasteiger partial charge in [0, 0.05) is 23.8 Å². The van der Waals surface area contributed by atoms with Crippen LogP contribution >= 0.6 is 11.8 Å². The number of carbonyl (C=O) groups excluding carboxylic acids is 2. The number of rotatable bonds is 4. The molecule has 1 unspecified atom stereocenters. The summed E-state index contributed by atoms with van der Waals surface area (Å²) in [5.74, 6) is 0.150. The first kappa shape index (κ1) is 18.1. The number of anilines is 1. The van der Waals surface area contributed by atoms with E-state index in [1.807, 2.05) is 19.1 Å². The van der Waals surface area contributed by atoms with E-state index in [1.165, 1.54) is 12.1 Å². The van der Waals surface area contributed by atoms with E-state index in [-0.39, 0.29) is 22.9 Å². The Bertz CT molecular complexity index is 835. The van der Waals surface area contributed by atoms with Gasteiger partial charge in [-0.2, -0.15) is 5.10 Å². The van der Waals surface area contributed by atoms with Crippen molar-refractivity contribution >= 4 is 34.3 Å². The lowest BCUT2D eigenvalue weighted by Crippen LogP contribution is -2.31. The van der Waals surface area contributed by atoms with Gasteiger partial charge in [0.2, 0.25) is 5.91 Å². The Hall–Kier alpha value is -2.67. The average molecular weight is 371 g/mol. The maximum absolute atomic E-state index is 12.9. The Kier molecular flexibility index (Phi) is 5.68. The van der Waals surface area contributed by atoms with E-state index in [2.05, 4.69) is 15.8 Å². The fraction of sp³-hybridized carbons (Fsp3) is 0.211. The topological polar surface area (TPSA) is 70.6 Å².